The van der Waals surface area contributed by atoms with Gasteiger partial charge in [0, 0.05) is 21.3 Å². The Balaban J connectivity index is 1.59. The third-order valence-corrected chi connectivity index (χ3v) is 6.43. The first-order valence-corrected chi connectivity index (χ1v) is 11.8. The van der Waals surface area contributed by atoms with Crippen LogP contribution in [0.3, 0.4) is 0 Å². The molecule has 3 aromatic carbocycles. The summed E-state index contributed by atoms with van der Waals surface area (Å²) in [5.74, 6) is -1.36. The number of anilines is 2. The molecule has 0 aromatic heterocycles. The Morgan fingerprint density at radius 3 is 2.34 bits per heavy atom. The quantitative estimate of drug-likeness (QED) is 0.442. The highest BCUT2D eigenvalue weighted by molar-refractivity contribution is 7.80. The van der Waals surface area contributed by atoms with Gasteiger partial charge < -0.3 is 5.32 Å². The number of carbonyl (C=O) groups excluding carboxylic acids is 3. The molecule has 1 aliphatic rings. The molecule has 7 nitrogen and oxygen atoms in total. The second-order valence-corrected chi connectivity index (χ2v) is 9.05. The van der Waals surface area contributed by atoms with E-state index < -0.39 is 23.8 Å². The minimum absolute atomic E-state index is 0.0396. The molecule has 1 atom stereocenters. The number of rotatable bonds is 6. The van der Waals surface area contributed by atoms with E-state index in [1.165, 1.54) is 9.91 Å². The molecule has 1 unspecified atom stereocenters. The lowest BCUT2D eigenvalue weighted by molar-refractivity contribution is -0.124. The van der Waals surface area contributed by atoms with Gasteiger partial charge in [0.05, 0.1) is 12.1 Å². The molecule has 35 heavy (non-hydrogen) atoms. The smallest absolute Gasteiger partial charge is 0.269 e. The van der Waals surface area contributed by atoms with Gasteiger partial charge in [0.1, 0.15) is 6.04 Å². The van der Waals surface area contributed by atoms with Gasteiger partial charge in [-0.25, -0.2) is 5.01 Å². The molecule has 178 valence electrons. The lowest BCUT2D eigenvalue weighted by atomic mass is 10.1. The molecule has 0 aliphatic carbocycles. The summed E-state index contributed by atoms with van der Waals surface area (Å²) in [6, 6.07) is 19.1. The van der Waals surface area contributed by atoms with Crippen LogP contribution in [-0.4, -0.2) is 33.9 Å². The standard InChI is InChI=1S/C25H20Cl2N4O3S/c1-15-7-10-18(13-20(15)27)28-22(32)14-21-24(34)30(19-11-8-17(26)9-12-19)25(35)31(21)29-23(33)16-5-3-2-4-6-16/h2-13,21H,14H2,1H3,(H,28,32)(H,29,33). The van der Waals surface area contributed by atoms with E-state index >= 15 is 0 Å². The maximum absolute atomic E-state index is 13.4. The van der Waals surface area contributed by atoms with E-state index in [1.54, 1.807) is 72.8 Å². The van der Waals surface area contributed by atoms with Crippen molar-refractivity contribution in [1.82, 2.24) is 10.4 Å². The van der Waals surface area contributed by atoms with Crippen LogP contribution in [0.1, 0.15) is 22.3 Å². The Kier molecular flexibility index (Phi) is 7.35. The molecular formula is C25H20Cl2N4O3S. The fourth-order valence-corrected chi connectivity index (χ4v) is 4.22. The summed E-state index contributed by atoms with van der Waals surface area (Å²) in [5.41, 5.74) is 4.90. The van der Waals surface area contributed by atoms with Crippen LogP contribution < -0.4 is 15.6 Å². The average molecular weight is 527 g/mol. The molecule has 1 fully saturated rings. The molecular weight excluding hydrogens is 507 g/mol. The SMILES string of the molecule is Cc1ccc(NC(=O)CC2C(=O)N(c3ccc(Cl)cc3)C(=S)N2NC(=O)c2ccccc2)cc1Cl. The fourth-order valence-electron chi connectivity index (χ4n) is 3.55. The zero-order chi connectivity index (χ0) is 25.1. The van der Waals surface area contributed by atoms with Gasteiger partial charge in [0.15, 0.2) is 0 Å². The highest BCUT2D eigenvalue weighted by Crippen LogP contribution is 2.28. The molecule has 0 bridgehead atoms. The van der Waals surface area contributed by atoms with Crippen molar-refractivity contribution < 1.29 is 14.4 Å². The van der Waals surface area contributed by atoms with Crippen molar-refractivity contribution in [2.24, 2.45) is 0 Å². The average Bonchev–Trinajstić information content (AvgIpc) is 3.06. The number of thiocarbonyl (C=S) groups is 1. The molecule has 3 aromatic rings. The number of carbonyl (C=O) groups is 3. The van der Waals surface area contributed by atoms with Crippen LogP contribution in [0.15, 0.2) is 72.8 Å². The topological polar surface area (TPSA) is 81.8 Å². The summed E-state index contributed by atoms with van der Waals surface area (Å²) in [6.45, 7) is 1.85. The van der Waals surface area contributed by atoms with E-state index in [2.05, 4.69) is 10.7 Å². The number of benzene rings is 3. The summed E-state index contributed by atoms with van der Waals surface area (Å²) in [4.78, 5) is 40.4. The molecule has 2 N–H and O–H groups in total. The first kappa shape index (κ1) is 24.7. The maximum Gasteiger partial charge on any atom is 0.269 e. The Hall–Kier alpha value is -3.46. The number of aryl methyl sites for hydroxylation is 1. The highest BCUT2D eigenvalue weighted by Gasteiger charge is 2.45. The summed E-state index contributed by atoms with van der Waals surface area (Å²) < 4.78 is 0. The first-order chi connectivity index (χ1) is 16.7. The van der Waals surface area contributed by atoms with Gasteiger partial charge in [0.25, 0.3) is 11.8 Å². The van der Waals surface area contributed by atoms with E-state index in [9.17, 15) is 14.4 Å². The van der Waals surface area contributed by atoms with Crippen LogP contribution in [0.2, 0.25) is 10.0 Å². The molecule has 1 saturated heterocycles. The Morgan fingerprint density at radius 2 is 1.69 bits per heavy atom. The minimum Gasteiger partial charge on any atom is -0.326 e. The zero-order valence-electron chi connectivity index (χ0n) is 18.5. The molecule has 1 heterocycles. The number of amides is 3. The lowest BCUT2D eigenvalue weighted by Gasteiger charge is -2.24. The Bertz CT molecular complexity index is 1300. The molecule has 0 spiro atoms. The van der Waals surface area contributed by atoms with Crippen molar-refractivity contribution in [3.05, 3.63) is 94.0 Å². The normalized spacial score (nSPS) is 15.3. The zero-order valence-corrected chi connectivity index (χ0v) is 20.8. The van der Waals surface area contributed by atoms with Gasteiger partial charge in [-0.15, -0.1) is 0 Å². The number of halogens is 2. The Morgan fingerprint density at radius 1 is 1.00 bits per heavy atom. The fraction of sp³-hybridized carbons (Fsp3) is 0.120. The monoisotopic (exact) mass is 526 g/mol. The van der Waals surface area contributed by atoms with Gasteiger partial charge in [-0.2, -0.15) is 0 Å². The van der Waals surface area contributed by atoms with E-state index in [0.717, 1.165) is 5.56 Å². The second-order valence-electron chi connectivity index (χ2n) is 7.84. The number of hydrogen-bond donors (Lipinski definition) is 2. The summed E-state index contributed by atoms with van der Waals surface area (Å²) in [6.07, 6.45) is -0.260. The van der Waals surface area contributed by atoms with E-state index in [-0.39, 0.29) is 11.5 Å². The van der Waals surface area contributed by atoms with Gasteiger partial charge in [-0.1, -0.05) is 47.5 Å². The maximum atomic E-state index is 13.4. The Labute approximate surface area is 217 Å². The van der Waals surface area contributed by atoms with Crippen molar-refractivity contribution in [2.45, 2.75) is 19.4 Å². The molecule has 1 aliphatic heterocycles. The van der Waals surface area contributed by atoms with Crippen LogP contribution in [-0.2, 0) is 9.59 Å². The van der Waals surface area contributed by atoms with Gasteiger partial charge in [-0.05, 0) is 73.2 Å². The number of nitrogens with zero attached hydrogens (tertiary/aromatic N) is 2. The summed E-state index contributed by atoms with van der Waals surface area (Å²) >= 11 is 17.7. The molecule has 0 saturated carbocycles. The molecule has 3 amide bonds. The number of nitrogens with one attached hydrogen (secondary N) is 2. The van der Waals surface area contributed by atoms with E-state index in [0.29, 0.717) is 27.0 Å². The van der Waals surface area contributed by atoms with Gasteiger partial charge in [0.2, 0.25) is 11.0 Å². The second kappa shape index (κ2) is 10.4. The highest BCUT2D eigenvalue weighted by atomic mass is 35.5. The van der Waals surface area contributed by atoms with Crippen LogP contribution >= 0.6 is 35.4 Å². The lowest BCUT2D eigenvalue weighted by Crippen LogP contribution is -2.49. The summed E-state index contributed by atoms with van der Waals surface area (Å²) in [5, 5.41) is 5.04. The number of hydrazine groups is 1. The van der Waals surface area contributed by atoms with Crippen molar-refractivity contribution in [2.75, 3.05) is 10.2 Å². The van der Waals surface area contributed by atoms with Crippen LogP contribution in [0.4, 0.5) is 11.4 Å². The molecule has 0 radical (unpaired) electrons. The van der Waals surface area contributed by atoms with Crippen molar-refractivity contribution in [3.8, 4) is 0 Å². The van der Waals surface area contributed by atoms with E-state index in [4.69, 9.17) is 35.4 Å². The third-order valence-electron chi connectivity index (χ3n) is 5.39. The largest absolute Gasteiger partial charge is 0.326 e. The molecule has 4 rings (SSSR count). The van der Waals surface area contributed by atoms with Crippen molar-refractivity contribution >= 4 is 69.6 Å². The van der Waals surface area contributed by atoms with Crippen molar-refractivity contribution in [3.63, 3.8) is 0 Å². The summed E-state index contributed by atoms with van der Waals surface area (Å²) in [7, 11) is 0. The van der Waals surface area contributed by atoms with E-state index in [1.807, 2.05) is 6.92 Å². The van der Waals surface area contributed by atoms with Gasteiger partial charge >= 0.3 is 0 Å². The molecule has 10 heteroatoms. The minimum atomic E-state index is -1.06. The van der Waals surface area contributed by atoms with Crippen molar-refractivity contribution in [1.29, 1.82) is 0 Å². The van der Waals surface area contributed by atoms with Crippen LogP contribution in [0.25, 0.3) is 0 Å². The van der Waals surface area contributed by atoms with Gasteiger partial charge in [-0.3, -0.25) is 24.7 Å². The first-order valence-electron chi connectivity index (χ1n) is 10.6. The number of hydrogen-bond acceptors (Lipinski definition) is 4. The predicted octanol–water partition coefficient (Wildman–Crippen LogP) is 4.98. The third kappa shape index (κ3) is 5.45. The van der Waals surface area contributed by atoms with Crippen LogP contribution in [0, 0.1) is 6.92 Å². The predicted molar refractivity (Wildman–Crippen MR) is 141 cm³/mol. The van der Waals surface area contributed by atoms with Crippen LogP contribution in [0.5, 0.6) is 0 Å².